The van der Waals surface area contributed by atoms with Gasteiger partial charge in [0, 0.05) is 34.1 Å². The van der Waals surface area contributed by atoms with E-state index in [9.17, 15) is 9.00 Å². The number of nitrogens with zero attached hydrogens (tertiary/aromatic N) is 1. The lowest BCUT2D eigenvalue weighted by molar-refractivity contribution is -0.122. The molecule has 0 unspecified atom stereocenters. The normalized spacial score (nSPS) is 14.5. The fourth-order valence-corrected chi connectivity index (χ4v) is 3.88. The van der Waals surface area contributed by atoms with Crippen LogP contribution in [0.4, 0.5) is 0 Å². The fraction of sp³-hybridized carbons (Fsp3) is 0.611. The minimum Gasteiger partial charge on any atom is -0.353 e. The fourth-order valence-electron chi connectivity index (χ4n) is 2.53. The number of amides is 1. The Morgan fingerprint density at radius 1 is 1.29 bits per heavy atom. The van der Waals surface area contributed by atoms with Gasteiger partial charge in [-0.2, -0.15) is 0 Å². The first-order chi connectivity index (χ1) is 11.1. The van der Waals surface area contributed by atoms with Gasteiger partial charge in [-0.1, -0.05) is 29.8 Å². The topological polar surface area (TPSA) is 49.4 Å². The van der Waals surface area contributed by atoms with Gasteiger partial charge in [-0.15, -0.1) is 0 Å². The Bertz CT molecular complexity index is 559. The minimum atomic E-state index is -1.05. The van der Waals surface area contributed by atoms with Crippen molar-refractivity contribution in [2.24, 2.45) is 5.41 Å². The van der Waals surface area contributed by atoms with Gasteiger partial charge in [0.25, 0.3) is 0 Å². The van der Waals surface area contributed by atoms with Crippen LogP contribution < -0.4 is 5.32 Å². The first-order valence-corrected chi connectivity index (χ1v) is 10.3. The lowest BCUT2D eigenvalue weighted by Crippen LogP contribution is -2.47. The zero-order valence-corrected chi connectivity index (χ0v) is 17.7. The molecular formula is C18H29BrN2O2S. The van der Waals surface area contributed by atoms with E-state index < -0.39 is 10.8 Å². The number of benzene rings is 1. The summed E-state index contributed by atoms with van der Waals surface area (Å²) in [5.74, 6) is 0.534. The Morgan fingerprint density at radius 2 is 1.88 bits per heavy atom. The molecule has 1 N–H and O–H groups in total. The summed E-state index contributed by atoms with van der Waals surface area (Å²) in [7, 11) is 3.02. The molecule has 1 rings (SSSR count). The van der Waals surface area contributed by atoms with Crippen LogP contribution >= 0.6 is 15.9 Å². The maximum atomic E-state index is 12.2. The summed E-state index contributed by atoms with van der Waals surface area (Å²) in [5, 5.41) is 3.08. The average molecular weight is 417 g/mol. The summed E-state index contributed by atoms with van der Waals surface area (Å²) in [4.78, 5) is 15.1. The van der Waals surface area contributed by atoms with Gasteiger partial charge in [-0.05, 0) is 57.1 Å². The average Bonchev–Trinajstić information content (AvgIpc) is 2.46. The Balaban J connectivity index is 2.38. The zero-order valence-electron chi connectivity index (χ0n) is 15.3. The number of hydrogen-bond donors (Lipinski definition) is 1. The van der Waals surface area contributed by atoms with Gasteiger partial charge in [0.05, 0.1) is 10.8 Å². The second-order valence-corrected chi connectivity index (χ2v) is 9.61. The molecule has 0 saturated carbocycles. The number of rotatable bonds is 9. The molecule has 0 heterocycles. The van der Waals surface area contributed by atoms with Crippen LogP contribution in [0, 0.1) is 5.41 Å². The molecule has 1 amide bonds. The second-order valence-electron chi connectivity index (χ2n) is 7.12. The van der Waals surface area contributed by atoms with Gasteiger partial charge >= 0.3 is 0 Å². The smallest absolute Gasteiger partial charge is 0.220 e. The highest BCUT2D eigenvalue weighted by atomic mass is 79.9. The molecule has 1 aromatic rings. The molecular weight excluding hydrogens is 388 g/mol. The first-order valence-electron chi connectivity index (χ1n) is 8.20. The summed E-state index contributed by atoms with van der Waals surface area (Å²) in [5.41, 5.74) is -0.000591. The van der Waals surface area contributed by atoms with E-state index in [1.165, 1.54) is 0 Å². The van der Waals surface area contributed by atoms with Crippen LogP contribution in [0.15, 0.2) is 33.6 Å². The van der Waals surface area contributed by atoms with Crippen molar-refractivity contribution in [1.82, 2.24) is 10.2 Å². The van der Waals surface area contributed by atoms with Gasteiger partial charge < -0.3 is 10.2 Å². The molecule has 0 saturated heterocycles. The molecule has 4 nitrogen and oxygen atoms in total. The molecule has 0 bridgehead atoms. The summed E-state index contributed by atoms with van der Waals surface area (Å²) in [6, 6.07) is 7.56. The summed E-state index contributed by atoms with van der Waals surface area (Å²) in [6.45, 7) is 7.25. The highest BCUT2D eigenvalue weighted by Gasteiger charge is 2.27. The first kappa shape index (κ1) is 21.3. The number of hydrogen-bond acceptors (Lipinski definition) is 3. The Hall–Kier alpha value is -0.720. The van der Waals surface area contributed by atoms with E-state index in [1.54, 1.807) is 0 Å². The van der Waals surface area contributed by atoms with Gasteiger partial charge in [0.1, 0.15) is 0 Å². The van der Waals surface area contributed by atoms with E-state index in [4.69, 9.17) is 0 Å². The molecule has 0 aliphatic rings. The van der Waals surface area contributed by atoms with Crippen molar-refractivity contribution < 1.29 is 9.00 Å². The second kappa shape index (κ2) is 9.68. The zero-order chi connectivity index (χ0) is 18.3. The number of halogens is 1. The molecule has 0 aromatic heterocycles. The predicted molar refractivity (Wildman–Crippen MR) is 105 cm³/mol. The van der Waals surface area contributed by atoms with Crippen LogP contribution in [0.25, 0.3) is 0 Å². The number of carbonyl (C=O) groups excluding carboxylic acids is 1. The van der Waals surface area contributed by atoms with E-state index in [0.29, 0.717) is 18.6 Å². The number of nitrogens with one attached hydrogen (secondary N) is 1. The van der Waals surface area contributed by atoms with Crippen LogP contribution in [0.2, 0.25) is 0 Å². The van der Waals surface area contributed by atoms with Gasteiger partial charge in [-0.25, -0.2) is 0 Å². The molecule has 24 heavy (non-hydrogen) atoms. The summed E-state index contributed by atoms with van der Waals surface area (Å²) in [6.07, 6.45) is 1.03. The monoisotopic (exact) mass is 416 g/mol. The largest absolute Gasteiger partial charge is 0.353 e. The predicted octanol–water partition coefficient (Wildman–Crippen LogP) is 3.43. The standard InChI is InChI=1S/C18H29BrN2O2S/c1-14(18(2,3)13-21(4)5)20-17(22)7-6-12-24(23)16-10-8-15(19)9-11-16/h8-11,14H,6-7,12-13H2,1-5H3,(H,20,22)/t14-,24-/m0/s1. The maximum Gasteiger partial charge on any atom is 0.220 e. The minimum absolute atomic E-state index is 0.000591. The SMILES string of the molecule is C[C@H](NC(=O)CCC[S@](=O)c1ccc(Br)cc1)C(C)(C)CN(C)C. The molecule has 0 spiro atoms. The molecule has 0 fully saturated rings. The van der Waals surface area contributed by atoms with Crippen molar-refractivity contribution in [3.05, 3.63) is 28.7 Å². The van der Waals surface area contributed by atoms with Gasteiger partial charge in [0.2, 0.25) is 5.91 Å². The molecule has 0 aliphatic heterocycles. The third-order valence-corrected chi connectivity index (χ3v) is 6.07. The van der Waals surface area contributed by atoms with Crippen molar-refractivity contribution in [1.29, 1.82) is 0 Å². The summed E-state index contributed by atoms with van der Waals surface area (Å²) < 4.78 is 13.2. The quantitative estimate of drug-likeness (QED) is 0.670. The van der Waals surface area contributed by atoms with Crippen molar-refractivity contribution in [3.63, 3.8) is 0 Å². The van der Waals surface area contributed by atoms with Crippen LogP contribution in [0.1, 0.15) is 33.6 Å². The molecule has 0 radical (unpaired) electrons. The molecule has 6 heteroatoms. The van der Waals surface area contributed by atoms with Crippen molar-refractivity contribution in [2.75, 3.05) is 26.4 Å². The van der Waals surface area contributed by atoms with E-state index in [1.807, 2.05) is 45.3 Å². The van der Waals surface area contributed by atoms with Crippen LogP contribution in [-0.2, 0) is 15.6 Å². The van der Waals surface area contributed by atoms with E-state index in [0.717, 1.165) is 15.9 Å². The molecule has 136 valence electrons. The Kier molecular flexibility index (Phi) is 8.60. The highest BCUT2D eigenvalue weighted by Crippen LogP contribution is 2.21. The maximum absolute atomic E-state index is 12.2. The molecule has 0 aliphatic carbocycles. The third-order valence-electron chi connectivity index (χ3n) is 4.08. The lowest BCUT2D eigenvalue weighted by atomic mass is 9.85. The van der Waals surface area contributed by atoms with Crippen molar-refractivity contribution in [3.8, 4) is 0 Å². The van der Waals surface area contributed by atoms with Crippen molar-refractivity contribution in [2.45, 2.75) is 44.6 Å². The van der Waals surface area contributed by atoms with Crippen molar-refractivity contribution >= 4 is 32.6 Å². The van der Waals surface area contributed by atoms with E-state index in [-0.39, 0.29) is 17.4 Å². The highest BCUT2D eigenvalue weighted by molar-refractivity contribution is 9.10. The van der Waals surface area contributed by atoms with Crippen LogP contribution in [-0.4, -0.2) is 47.5 Å². The number of carbonyl (C=O) groups is 1. The van der Waals surface area contributed by atoms with Gasteiger partial charge in [0.15, 0.2) is 0 Å². The van der Waals surface area contributed by atoms with Crippen LogP contribution in [0.3, 0.4) is 0 Å². The van der Waals surface area contributed by atoms with E-state index in [2.05, 4.69) is 40.0 Å². The van der Waals surface area contributed by atoms with Gasteiger partial charge in [-0.3, -0.25) is 9.00 Å². The lowest BCUT2D eigenvalue weighted by Gasteiger charge is -2.34. The van der Waals surface area contributed by atoms with Crippen LogP contribution in [0.5, 0.6) is 0 Å². The Labute approximate surface area is 157 Å². The molecule has 1 aromatic carbocycles. The van der Waals surface area contributed by atoms with E-state index >= 15 is 0 Å². The summed E-state index contributed by atoms with van der Waals surface area (Å²) >= 11 is 3.36. The Morgan fingerprint density at radius 3 is 2.42 bits per heavy atom. The molecule has 2 atom stereocenters. The third kappa shape index (κ3) is 7.45.